The van der Waals surface area contributed by atoms with Crippen molar-refractivity contribution in [1.82, 2.24) is 9.88 Å². The van der Waals surface area contributed by atoms with Crippen molar-refractivity contribution in [2.75, 3.05) is 25.6 Å². The molecule has 0 amide bonds. The number of hydrogen-bond acceptors (Lipinski definition) is 8. The lowest BCUT2D eigenvalue weighted by Gasteiger charge is -2.62. The Balaban J connectivity index is 0.000000419. The fourth-order valence-corrected chi connectivity index (χ4v) is 6.89. The number of phenols is 1. The fourth-order valence-electron chi connectivity index (χ4n) is 6.89. The zero-order chi connectivity index (χ0) is 24.9. The summed E-state index contributed by atoms with van der Waals surface area (Å²) in [7, 11) is -1.58. The van der Waals surface area contributed by atoms with Gasteiger partial charge in [0.05, 0.1) is 28.5 Å². The summed E-state index contributed by atoms with van der Waals surface area (Å²) < 4.78 is 32.4. The molecule has 35 heavy (non-hydrogen) atoms. The molecule has 2 aliphatic carbocycles. The van der Waals surface area contributed by atoms with Crippen molar-refractivity contribution in [3.8, 4) is 11.5 Å². The number of nitrogen functional groups attached to an aromatic ring is 1. The van der Waals surface area contributed by atoms with Crippen molar-refractivity contribution in [1.29, 1.82) is 0 Å². The topological polar surface area (TPSA) is 146 Å². The van der Waals surface area contributed by atoms with Crippen LogP contribution in [-0.2, 0) is 28.4 Å². The van der Waals surface area contributed by atoms with Gasteiger partial charge in [0, 0.05) is 34.7 Å². The first-order valence-electron chi connectivity index (χ1n) is 11.5. The zero-order valence-corrected chi connectivity index (χ0v) is 20.2. The average molecular weight is 498 g/mol. The van der Waals surface area contributed by atoms with Crippen LogP contribution in [0.25, 0.3) is 10.9 Å². The Morgan fingerprint density at radius 1 is 1.23 bits per heavy atom. The van der Waals surface area contributed by atoms with Gasteiger partial charge in [-0.25, -0.2) is 4.98 Å². The highest BCUT2D eigenvalue weighted by Crippen LogP contribution is 2.68. The number of likely N-dealkylation sites (N-methyl/N-ethyl adjacent to an activating group) is 1. The number of rotatable bonds is 0. The van der Waals surface area contributed by atoms with E-state index in [0.29, 0.717) is 24.1 Å². The number of hydrogen-bond donors (Lipinski definition) is 4. The number of pyridine rings is 1. The second-order valence-electron chi connectivity index (χ2n) is 10.1. The van der Waals surface area contributed by atoms with E-state index < -0.39 is 27.2 Å². The first-order valence-corrected chi connectivity index (χ1v) is 13.3. The SMILES string of the molecule is CN1CC[C@]23c4c5ccc(O)c4O[C@H]2c2nc4ccccc4c(N)c2C[C@@]3(O)[C@@H]1C5.CS(=O)(=O)O. The third-order valence-corrected chi connectivity index (χ3v) is 8.24. The first-order chi connectivity index (χ1) is 16.5. The second kappa shape index (κ2) is 7.07. The summed E-state index contributed by atoms with van der Waals surface area (Å²) in [6.45, 7) is 0.861. The lowest BCUT2D eigenvalue weighted by molar-refractivity contribution is -0.167. The molecule has 4 aliphatic rings. The number of nitrogens with two attached hydrogens (primary N) is 1. The Morgan fingerprint density at radius 2 is 1.94 bits per heavy atom. The molecule has 5 N–H and O–H groups in total. The summed E-state index contributed by atoms with van der Waals surface area (Å²) in [5.41, 5.74) is 10.3. The van der Waals surface area contributed by atoms with Gasteiger partial charge < -0.3 is 25.6 Å². The predicted molar refractivity (Wildman–Crippen MR) is 130 cm³/mol. The van der Waals surface area contributed by atoms with E-state index in [1.807, 2.05) is 30.3 Å². The van der Waals surface area contributed by atoms with Gasteiger partial charge in [-0.2, -0.15) is 8.42 Å². The maximum absolute atomic E-state index is 12.4. The van der Waals surface area contributed by atoms with E-state index >= 15 is 0 Å². The summed E-state index contributed by atoms with van der Waals surface area (Å²) in [6.07, 6.45) is 2.17. The van der Waals surface area contributed by atoms with Gasteiger partial charge in [0.15, 0.2) is 17.6 Å². The molecule has 1 fully saturated rings. The molecule has 7 rings (SSSR count). The monoisotopic (exact) mass is 497 g/mol. The Bertz CT molecular complexity index is 1500. The highest BCUT2D eigenvalue weighted by Gasteiger charge is 2.72. The lowest BCUT2D eigenvalue weighted by Crippen LogP contribution is -2.74. The Hall–Kier alpha value is -2.92. The number of aromatic hydroxyl groups is 1. The van der Waals surface area contributed by atoms with E-state index in [2.05, 4.69) is 11.9 Å². The largest absolute Gasteiger partial charge is 0.504 e. The predicted octanol–water partition coefficient (Wildman–Crippen LogP) is 1.95. The van der Waals surface area contributed by atoms with Crippen LogP contribution < -0.4 is 10.5 Å². The molecule has 4 atom stereocenters. The van der Waals surface area contributed by atoms with Gasteiger partial charge in [-0.05, 0) is 44.1 Å². The molecule has 1 saturated heterocycles. The molecule has 2 aromatic carbocycles. The van der Waals surface area contributed by atoms with E-state index in [-0.39, 0.29) is 11.8 Å². The van der Waals surface area contributed by atoms with Gasteiger partial charge in [-0.1, -0.05) is 24.3 Å². The molecule has 3 heterocycles. The number of likely N-dealkylation sites (tertiary alicyclic amines) is 1. The average Bonchev–Trinajstić information content (AvgIpc) is 3.14. The van der Waals surface area contributed by atoms with Gasteiger partial charge in [-0.3, -0.25) is 4.55 Å². The van der Waals surface area contributed by atoms with E-state index in [1.165, 1.54) is 0 Å². The Kier molecular flexibility index (Phi) is 4.55. The van der Waals surface area contributed by atoms with Crippen molar-refractivity contribution in [3.63, 3.8) is 0 Å². The quantitative estimate of drug-likeness (QED) is 0.342. The normalized spacial score (nSPS) is 30.1. The smallest absolute Gasteiger partial charge is 0.261 e. The molecule has 2 bridgehead atoms. The molecular formula is C25H27N3O6S. The molecule has 1 aromatic heterocycles. The van der Waals surface area contributed by atoms with Gasteiger partial charge in [-0.15, -0.1) is 0 Å². The van der Waals surface area contributed by atoms with Crippen LogP contribution in [0.2, 0.25) is 0 Å². The van der Waals surface area contributed by atoms with Crippen LogP contribution in [0.4, 0.5) is 5.69 Å². The molecule has 0 radical (unpaired) electrons. The number of ether oxygens (including phenoxy) is 1. The van der Waals surface area contributed by atoms with Gasteiger partial charge >= 0.3 is 0 Å². The Labute approximate surface area is 202 Å². The molecule has 0 unspecified atom stereocenters. The standard InChI is InChI=1S/C24H23N3O3.CH4O3S/c1-27-9-8-23-18-12-6-7-16(28)21(18)30-22(23)20-14(11-24(23,29)17(27)10-12)19(25)13-4-2-3-5-15(13)26-20;1-5(2,3)4/h2-7,17,22,28-29H,8-11H2,1H3,(H2,25,26);1H3,(H,2,3,4)/t17-,22-,23-,24+;/m0./s1. The number of anilines is 1. The molecular weight excluding hydrogens is 470 g/mol. The molecule has 3 aromatic rings. The van der Waals surface area contributed by atoms with Crippen LogP contribution >= 0.6 is 0 Å². The molecule has 1 spiro atoms. The van der Waals surface area contributed by atoms with Gasteiger partial charge in [0.2, 0.25) is 0 Å². The lowest BCUT2D eigenvalue weighted by atomic mass is 9.49. The molecule has 2 aliphatic heterocycles. The molecule has 0 saturated carbocycles. The maximum atomic E-state index is 12.4. The van der Waals surface area contributed by atoms with Crippen molar-refractivity contribution in [2.24, 2.45) is 0 Å². The van der Waals surface area contributed by atoms with Crippen LogP contribution in [0.15, 0.2) is 36.4 Å². The summed E-state index contributed by atoms with van der Waals surface area (Å²) in [5, 5.41) is 24.0. The maximum Gasteiger partial charge on any atom is 0.261 e. The Morgan fingerprint density at radius 3 is 2.69 bits per heavy atom. The second-order valence-corrected chi connectivity index (χ2v) is 11.6. The van der Waals surface area contributed by atoms with Crippen molar-refractivity contribution in [3.05, 3.63) is 58.8 Å². The zero-order valence-electron chi connectivity index (χ0n) is 19.4. The summed E-state index contributed by atoms with van der Waals surface area (Å²) in [6, 6.07) is 11.5. The summed E-state index contributed by atoms with van der Waals surface area (Å²) >= 11 is 0. The minimum Gasteiger partial charge on any atom is -0.504 e. The van der Waals surface area contributed by atoms with Crippen molar-refractivity contribution >= 4 is 26.7 Å². The number of aliphatic hydroxyl groups is 1. The number of piperidine rings is 1. The third kappa shape index (κ3) is 2.91. The number of nitrogens with zero attached hydrogens (tertiary/aromatic N) is 2. The number of phenolic OH excluding ortho intramolecular Hbond substituents is 1. The van der Waals surface area contributed by atoms with E-state index in [0.717, 1.165) is 52.7 Å². The van der Waals surface area contributed by atoms with Crippen LogP contribution in [0.5, 0.6) is 11.5 Å². The summed E-state index contributed by atoms with van der Waals surface area (Å²) in [5.74, 6) is 0.646. The minimum atomic E-state index is -3.67. The van der Waals surface area contributed by atoms with E-state index in [4.69, 9.17) is 20.0 Å². The van der Waals surface area contributed by atoms with Gasteiger partial charge in [0.25, 0.3) is 10.1 Å². The van der Waals surface area contributed by atoms with Crippen LogP contribution in [0.3, 0.4) is 0 Å². The van der Waals surface area contributed by atoms with Crippen molar-refractivity contribution < 1.29 is 27.9 Å². The van der Waals surface area contributed by atoms with Gasteiger partial charge in [0.1, 0.15) is 0 Å². The number of para-hydroxylation sites is 1. The minimum absolute atomic E-state index is 0.0423. The highest BCUT2D eigenvalue weighted by molar-refractivity contribution is 7.85. The third-order valence-electron chi connectivity index (χ3n) is 8.24. The number of fused-ring (bicyclic) bond motifs is 3. The van der Waals surface area contributed by atoms with Crippen molar-refractivity contribution in [2.45, 2.75) is 42.4 Å². The number of aromatic nitrogens is 1. The molecule has 9 nitrogen and oxygen atoms in total. The summed E-state index contributed by atoms with van der Waals surface area (Å²) in [4.78, 5) is 7.27. The van der Waals surface area contributed by atoms with E-state index in [9.17, 15) is 18.6 Å². The molecule has 10 heteroatoms. The first kappa shape index (κ1) is 22.5. The fraction of sp³-hybridized carbons (Fsp3) is 0.400. The highest BCUT2D eigenvalue weighted by atomic mass is 32.2. The van der Waals surface area contributed by atoms with Crippen LogP contribution in [-0.4, -0.2) is 64.6 Å². The van der Waals surface area contributed by atoms with E-state index in [1.54, 1.807) is 6.07 Å². The van der Waals surface area contributed by atoms with Crippen LogP contribution in [0, 0.1) is 0 Å². The molecule has 184 valence electrons. The van der Waals surface area contributed by atoms with Crippen LogP contribution in [0.1, 0.15) is 34.9 Å². The number of benzene rings is 2.